The average molecular weight is 710 g/mol. The first-order valence-corrected chi connectivity index (χ1v) is 17.3. The number of carbonyl (C=O) groups excluding carboxylic acids is 5. The standard InChI is InChI=1S/C33H42Cl2N4O7S/c1-33(2,3)46-32(44)39-14-9-20(10-15-39)30(42)36-19-24(18-26(41)45-4)37-31(43)21-7-12-38(13-8-21)25(40)6-5-22-17-23-11-16-47-29(23)28(35)27(22)34/h5-6,11,16-17,20-21,24H,7-10,12-15,18-19H2,1-4H3,(H,36,42)(H,37,43)/b6-5+/t24-/m1/s1. The van der Waals surface area contributed by atoms with E-state index in [2.05, 4.69) is 10.6 Å². The Morgan fingerprint density at radius 1 is 0.979 bits per heavy atom. The molecule has 2 aliphatic rings. The van der Waals surface area contributed by atoms with Gasteiger partial charge in [-0.05, 0) is 81.0 Å². The van der Waals surface area contributed by atoms with Crippen molar-refractivity contribution in [1.82, 2.24) is 20.4 Å². The van der Waals surface area contributed by atoms with E-state index >= 15 is 0 Å². The van der Waals surface area contributed by atoms with Gasteiger partial charge in [0.05, 0.1) is 34.3 Å². The molecule has 2 aliphatic heterocycles. The van der Waals surface area contributed by atoms with Gasteiger partial charge in [-0.25, -0.2) is 4.79 Å². The summed E-state index contributed by atoms with van der Waals surface area (Å²) in [6, 6.07) is 3.17. The van der Waals surface area contributed by atoms with Crippen molar-refractivity contribution in [3.05, 3.63) is 39.2 Å². The molecule has 0 bridgehead atoms. The van der Waals surface area contributed by atoms with Crippen molar-refractivity contribution in [2.45, 2.75) is 64.5 Å². The van der Waals surface area contributed by atoms with Gasteiger partial charge in [0, 0.05) is 50.6 Å². The predicted molar refractivity (Wildman–Crippen MR) is 182 cm³/mol. The Balaban J connectivity index is 1.25. The van der Waals surface area contributed by atoms with Crippen LogP contribution in [0.5, 0.6) is 0 Å². The minimum atomic E-state index is -0.666. The molecule has 2 saturated heterocycles. The van der Waals surface area contributed by atoms with Crippen molar-refractivity contribution >= 4 is 80.5 Å². The molecule has 2 N–H and O–H groups in total. The molecule has 0 unspecified atom stereocenters. The van der Waals surface area contributed by atoms with E-state index in [1.165, 1.54) is 24.5 Å². The molecule has 2 aromatic rings. The number of thiophene rings is 1. The minimum absolute atomic E-state index is 0.0534. The molecule has 47 heavy (non-hydrogen) atoms. The molecule has 11 nitrogen and oxygen atoms in total. The highest BCUT2D eigenvalue weighted by Gasteiger charge is 2.32. The third-order valence-corrected chi connectivity index (χ3v) is 10.2. The molecule has 14 heteroatoms. The number of piperidine rings is 2. The number of esters is 1. The number of benzene rings is 1. The van der Waals surface area contributed by atoms with Crippen LogP contribution < -0.4 is 10.6 Å². The molecular weight excluding hydrogens is 667 g/mol. The van der Waals surface area contributed by atoms with Crippen LogP contribution in [0.3, 0.4) is 0 Å². The van der Waals surface area contributed by atoms with Crippen molar-refractivity contribution < 1.29 is 33.4 Å². The highest BCUT2D eigenvalue weighted by atomic mass is 35.5. The summed E-state index contributed by atoms with van der Waals surface area (Å²) >= 11 is 14.3. The second-order valence-electron chi connectivity index (χ2n) is 12.8. The summed E-state index contributed by atoms with van der Waals surface area (Å²) in [7, 11) is 1.27. The quantitative estimate of drug-likeness (QED) is 0.268. The van der Waals surface area contributed by atoms with Gasteiger partial charge in [-0.2, -0.15) is 0 Å². The van der Waals surface area contributed by atoms with E-state index in [-0.39, 0.29) is 42.5 Å². The fourth-order valence-corrected chi connectivity index (χ4v) is 7.05. The average Bonchev–Trinajstić information content (AvgIpc) is 3.52. The Kier molecular flexibility index (Phi) is 12.5. The van der Waals surface area contributed by atoms with Crippen molar-refractivity contribution in [3.63, 3.8) is 0 Å². The lowest BCUT2D eigenvalue weighted by Gasteiger charge is -2.33. The summed E-state index contributed by atoms with van der Waals surface area (Å²) in [6.07, 6.45) is 4.48. The molecule has 2 fully saturated rings. The van der Waals surface area contributed by atoms with E-state index in [0.717, 1.165) is 10.1 Å². The zero-order valence-corrected chi connectivity index (χ0v) is 29.4. The molecule has 0 radical (unpaired) electrons. The minimum Gasteiger partial charge on any atom is -0.469 e. The number of methoxy groups -OCH3 is 1. The van der Waals surface area contributed by atoms with Crippen LogP contribution in [0.15, 0.2) is 23.6 Å². The number of ether oxygens (including phenoxy) is 2. The zero-order chi connectivity index (χ0) is 34.3. The molecule has 1 atom stereocenters. The SMILES string of the molecule is COC(=O)C[C@H](CNC(=O)C1CCN(C(=O)OC(C)(C)C)CC1)NC(=O)C1CCN(C(=O)/C=C/c2cc3ccsc3c(Cl)c2Cl)CC1. The van der Waals surface area contributed by atoms with E-state index in [1.54, 1.807) is 36.6 Å². The molecule has 3 heterocycles. The number of rotatable bonds is 9. The maximum absolute atomic E-state index is 13.2. The monoisotopic (exact) mass is 708 g/mol. The number of carbonyl (C=O) groups is 5. The van der Waals surface area contributed by atoms with Gasteiger partial charge in [0.2, 0.25) is 17.7 Å². The highest BCUT2D eigenvalue weighted by Crippen LogP contribution is 2.37. The molecule has 4 rings (SSSR count). The van der Waals surface area contributed by atoms with Crippen LogP contribution in [0.1, 0.15) is 58.4 Å². The van der Waals surface area contributed by atoms with Crippen LogP contribution in [0.25, 0.3) is 16.2 Å². The summed E-state index contributed by atoms with van der Waals surface area (Å²) in [4.78, 5) is 66.8. The number of likely N-dealkylation sites (tertiary alicyclic amines) is 2. The van der Waals surface area contributed by atoms with E-state index in [1.807, 2.05) is 17.5 Å². The van der Waals surface area contributed by atoms with Crippen LogP contribution in [0, 0.1) is 11.8 Å². The van der Waals surface area contributed by atoms with Gasteiger partial charge < -0.3 is 29.9 Å². The third kappa shape index (κ3) is 10.1. The molecule has 1 aromatic heterocycles. The second-order valence-corrected chi connectivity index (χ2v) is 14.5. The topological polar surface area (TPSA) is 134 Å². The van der Waals surface area contributed by atoms with E-state index in [0.29, 0.717) is 67.5 Å². The van der Waals surface area contributed by atoms with Crippen LogP contribution >= 0.6 is 34.5 Å². The third-order valence-electron chi connectivity index (χ3n) is 8.26. The van der Waals surface area contributed by atoms with Gasteiger partial charge in [0.25, 0.3) is 0 Å². The Morgan fingerprint density at radius 2 is 1.60 bits per heavy atom. The lowest BCUT2D eigenvalue weighted by molar-refractivity contribution is -0.142. The number of amides is 4. The Hall–Kier alpha value is -3.35. The summed E-state index contributed by atoms with van der Waals surface area (Å²) < 4.78 is 11.1. The van der Waals surface area contributed by atoms with Crippen LogP contribution in [0.4, 0.5) is 4.79 Å². The van der Waals surface area contributed by atoms with Gasteiger partial charge in [0.15, 0.2) is 0 Å². The number of nitrogens with one attached hydrogen (secondary N) is 2. The first-order chi connectivity index (χ1) is 22.3. The largest absolute Gasteiger partial charge is 0.469 e. The lowest BCUT2D eigenvalue weighted by atomic mass is 9.95. The first kappa shape index (κ1) is 36.5. The van der Waals surface area contributed by atoms with Crippen LogP contribution in [0.2, 0.25) is 10.0 Å². The van der Waals surface area contributed by atoms with Crippen molar-refractivity contribution in [2.24, 2.45) is 11.8 Å². The van der Waals surface area contributed by atoms with Crippen LogP contribution in [-0.4, -0.2) is 91.1 Å². The normalized spacial score (nSPS) is 17.1. The van der Waals surface area contributed by atoms with Gasteiger partial charge in [0.1, 0.15) is 5.60 Å². The van der Waals surface area contributed by atoms with Crippen molar-refractivity contribution in [3.8, 4) is 0 Å². The number of halogens is 2. The molecule has 0 spiro atoms. The second kappa shape index (κ2) is 16.2. The molecule has 4 amide bonds. The fraction of sp³-hybridized carbons (Fsp3) is 0.545. The van der Waals surface area contributed by atoms with E-state index in [9.17, 15) is 24.0 Å². The lowest BCUT2D eigenvalue weighted by Crippen LogP contribution is -2.50. The molecule has 0 aliphatic carbocycles. The maximum Gasteiger partial charge on any atom is 0.410 e. The summed E-state index contributed by atoms with van der Waals surface area (Å²) in [5, 5.41) is 9.50. The molecule has 256 valence electrons. The molecular formula is C33H42Cl2N4O7S. The van der Waals surface area contributed by atoms with Gasteiger partial charge in [-0.3, -0.25) is 19.2 Å². The molecule has 1 aromatic carbocycles. The fourth-order valence-electron chi connectivity index (χ4n) is 5.61. The zero-order valence-electron chi connectivity index (χ0n) is 27.1. The van der Waals surface area contributed by atoms with Crippen molar-refractivity contribution in [1.29, 1.82) is 0 Å². The van der Waals surface area contributed by atoms with Gasteiger partial charge in [-0.15, -0.1) is 11.3 Å². The van der Waals surface area contributed by atoms with Gasteiger partial charge in [-0.1, -0.05) is 23.2 Å². The highest BCUT2D eigenvalue weighted by molar-refractivity contribution is 7.18. The first-order valence-electron chi connectivity index (χ1n) is 15.7. The molecule has 0 saturated carbocycles. The number of nitrogens with zero attached hydrogens (tertiary/aromatic N) is 2. The number of hydrogen-bond donors (Lipinski definition) is 2. The van der Waals surface area contributed by atoms with E-state index < -0.39 is 23.7 Å². The summed E-state index contributed by atoms with van der Waals surface area (Å²) in [5.74, 6) is -1.80. The van der Waals surface area contributed by atoms with Crippen LogP contribution in [-0.2, 0) is 28.7 Å². The number of fused-ring (bicyclic) bond motifs is 1. The van der Waals surface area contributed by atoms with E-state index in [4.69, 9.17) is 32.7 Å². The Labute approximate surface area is 288 Å². The Bertz CT molecular complexity index is 1510. The van der Waals surface area contributed by atoms with Crippen molar-refractivity contribution in [2.75, 3.05) is 39.8 Å². The smallest absolute Gasteiger partial charge is 0.410 e. The number of hydrogen-bond acceptors (Lipinski definition) is 8. The Morgan fingerprint density at radius 3 is 2.21 bits per heavy atom. The summed E-state index contributed by atoms with van der Waals surface area (Å²) in [5.41, 5.74) is 0.0570. The van der Waals surface area contributed by atoms with Gasteiger partial charge >= 0.3 is 12.1 Å². The maximum atomic E-state index is 13.2. The predicted octanol–water partition coefficient (Wildman–Crippen LogP) is 5.27. The summed E-state index contributed by atoms with van der Waals surface area (Å²) in [6.45, 7) is 7.05.